The molecule has 2 amide bonds. The molecule has 2 aromatic heterocycles. The van der Waals surface area contributed by atoms with Crippen molar-refractivity contribution in [2.75, 3.05) is 20.2 Å². The Morgan fingerprint density at radius 3 is 1.14 bits per heavy atom. The zero-order valence-electron chi connectivity index (χ0n) is 39.8. The molecule has 10 rings (SSSR count). The fourth-order valence-corrected chi connectivity index (χ4v) is 9.59. The number of hydrogen-bond donors (Lipinski definition) is 1. The zero-order valence-corrected chi connectivity index (χ0v) is 39.8. The van der Waals surface area contributed by atoms with Gasteiger partial charge in [-0.1, -0.05) is 200 Å². The van der Waals surface area contributed by atoms with Gasteiger partial charge < -0.3 is 30.6 Å². The Bertz CT molecular complexity index is 2910. The van der Waals surface area contributed by atoms with Crippen LogP contribution in [0.3, 0.4) is 0 Å². The van der Waals surface area contributed by atoms with Crippen LogP contribution in [0, 0.1) is 0 Å². The molecule has 2 aliphatic rings. The number of carboxylic acid groups (broad SMARTS) is 1. The Balaban J connectivity index is 0.000000257. The first kappa shape index (κ1) is 55.9. The second-order valence-corrected chi connectivity index (χ2v) is 17.0. The minimum Gasteiger partial charge on any atom is -0.870 e. The molecular weight excluding hydrogens is 920 g/mol. The van der Waals surface area contributed by atoms with Gasteiger partial charge in [0.1, 0.15) is 12.1 Å². The number of nitrogens with zero attached hydrogens (tertiary/aromatic N) is 8. The largest absolute Gasteiger partial charge is 1.00 e. The quantitative estimate of drug-likeness (QED) is 0.130. The molecule has 0 bridgehead atoms. The maximum atomic E-state index is 14.1. The molecule has 4 N–H and O–H groups in total. The number of esters is 1. The van der Waals surface area contributed by atoms with Crippen molar-refractivity contribution in [3.63, 3.8) is 0 Å². The van der Waals surface area contributed by atoms with Gasteiger partial charge in [-0.05, 0) is 22.3 Å². The number of carbonyl (C=O) groups is 4. The number of ether oxygens (including phenoxy) is 1. The minimum atomic E-state index is -1.02. The third kappa shape index (κ3) is 12.2. The van der Waals surface area contributed by atoms with Crippen LogP contribution in [0.2, 0.25) is 0 Å². The Morgan fingerprint density at radius 1 is 0.521 bits per heavy atom. The molecule has 4 atom stereocenters. The van der Waals surface area contributed by atoms with E-state index in [9.17, 15) is 24.3 Å². The number of amides is 2. The van der Waals surface area contributed by atoms with E-state index in [1.54, 1.807) is 22.0 Å². The van der Waals surface area contributed by atoms with Crippen LogP contribution in [0.5, 0.6) is 0 Å². The molecule has 0 aliphatic carbocycles. The van der Waals surface area contributed by atoms with Crippen LogP contribution in [0.15, 0.2) is 194 Å². The third-order valence-corrected chi connectivity index (χ3v) is 12.9. The van der Waals surface area contributed by atoms with Crippen molar-refractivity contribution in [1.82, 2.24) is 39.8 Å². The summed E-state index contributed by atoms with van der Waals surface area (Å²) < 4.78 is 8.67. The van der Waals surface area contributed by atoms with Crippen molar-refractivity contribution < 1.29 is 58.8 Å². The van der Waals surface area contributed by atoms with Gasteiger partial charge in [0.05, 0.1) is 54.8 Å². The molecule has 4 heterocycles. The van der Waals surface area contributed by atoms with Crippen molar-refractivity contribution in [3.8, 4) is 22.5 Å². The summed E-state index contributed by atoms with van der Waals surface area (Å²) in [5.74, 6) is -2.94. The minimum absolute atomic E-state index is 0. The molecule has 16 nitrogen and oxygen atoms in total. The monoisotopic (exact) mass is 976 g/mol. The van der Waals surface area contributed by atoms with Gasteiger partial charge in [0.2, 0.25) is 11.8 Å². The predicted octanol–water partition coefficient (Wildman–Crippen LogP) is 4.73. The first-order valence-corrected chi connectivity index (χ1v) is 22.8. The SMILES string of the molecule is C.COC(=O)[C@@H]1C[C@H](n2nncc2-c2ccccc2)CN1C(=O)C(c1ccccc1)c1ccccc1.O.O=C(O)[C@@H]1C[C@H](n2nncc2-c2ccccc2)CN1C(=O)C(c1ccccc1)c1ccccc1.[Li+].[OH-]. The fourth-order valence-electron chi connectivity index (χ4n) is 9.59. The van der Waals surface area contributed by atoms with Gasteiger partial charge in [0.25, 0.3) is 0 Å². The predicted molar refractivity (Wildman–Crippen MR) is 271 cm³/mol. The molecule has 17 heteroatoms. The molecule has 370 valence electrons. The smallest absolute Gasteiger partial charge is 0.870 e. The van der Waals surface area contributed by atoms with Crippen LogP contribution in [-0.4, -0.2) is 112 Å². The maximum Gasteiger partial charge on any atom is 1.00 e. The first-order chi connectivity index (χ1) is 33.8. The molecule has 8 aromatic rings. The van der Waals surface area contributed by atoms with Crippen molar-refractivity contribution >= 4 is 23.8 Å². The Hall–Kier alpha value is -8.00. The van der Waals surface area contributed by atoms with Crippen LogP contribution >= 0.6 is 0 Å². The van der Waals surface area contributed by atoms with E-state index in [0.717, 1.165) is 44.8 Å². The van der Waals surface area contributed by atoms with E-state index in [-0.39, 0.29) is 74.1 Å². The normalized spacial score (nSPS) is 16.6. The maximum absolute atomic E-state index is 14.1. The van der Waals surface area contributed by atoms with Gasteiger partial charge in [-0.15, -0.1) is 10.2 Å². The molecule has 0 radical (unpaired) electrons. The summed E-state index contributed by atoms with van der Waals surface area (Å²) >= 11 is 0. The number of benzene rings is 6. The Kier molecular flexibility index (Phi) is 19.9. The number of rotatable bonds is 12. The molecule has 2 aliphatic heterocycles. The van der Waals surface area contributed by atoms with Crippen LogP contribution in [0.1, 0.15) is 66.4 Å². The third-order valence-electron chi connectivity index (χ3n) is 12.9. The van der Waals surface area contributed by atoms with Gasteiger partial charge in [-0.2, -0.15) is 0 Å². The van der Waals surface area contributed by atoms with E-state index in [1.807, 2.05) is 187 Å². The zero-order chi connectivity index (χ0) is 47.7. The first-order valence-electron chi connectivity index (χ1n) is 22.8. The average Bonchev–Trinajstić information content (AvgIpc) is 4.25. The summed E-state index contributed by atoms with van der Waals surface area (Å²) in [6.07, 6.45) is 4.05. The van der Waals surface area contributed by atoms with E-state index < -0.39 is 35.9 Å². The number of carbonyl (C=O) groups excluding carboxylic acids is 3. The molecule has 6 aromatic carbocycles. The van der Waals surface area contributed by atoms with Crippen molar-refractivity contribution in [3.05, 3.63) is 217 Å². The van der Waals surface area contributed by atoms with E-state index in [2.05, 4.69) is 20.6 Å². The Morgan fingerprint density at radius 2 is 0.822 bits per heavy atom. The van der Waals surface area contributed by atoms with Crippen LogP contribution in [0.4, 0.5) is 0 Å². The number of methoxy groups -OCH3 is 1. The second kappa shape index (κ2) is 25.9. The standard InChI is InChI=1S/C28H26N4O3.C27H24N4O3.CH4.Li.2H2O/c1-35-28(34)24-17-23(32-25(18-29-30-32)20-11-5-2-6-12-20)19-31(24)27(33)26(21-13-7-3-8-14-21)22-15-9-4-10-16-22;32-26(25(20-12-6-2-7-13-20)21-14-8-3-9-15-21)30-18-22(16-23(30)27(33)34)31-24(17-28-29-31)19-10-4-1-5-11-19;;;;/h2-16,18,23-24,26H,17,19H2,1H3;1-15,17,22-23,25H,16,18H2,(H,33,34);1H4;;2*1H2/q;;;+1;;/p-1/t23-,24-;22-,23-;;;;/m00..../s1. The molecule has 2 fully saturated rings. The average molecular weight is 977 g/mol. The van der Waals surface area contributed by atoms with Crippen LogP contribution in [-0.2, 0) is 23.9 Å². The van der Waals surface area contributed by atoms with Crippen LogP contribution in [0.25, 0.3) is 22.5 Å². The van der Waals surface area contributed by atoms with Gasteiger partial charge in [0, 0.05) is 37.1 Å². The van der Waals surface area contributed by atoms with Gasteiger partial charge >= 0.3 is 30.8 Å². The van der Waals surface area contributed by atoms with E-state index in [0.29, 0.717) is 13.0 Å². The molecule has 2 saturated heterocycles. The number of aliphatic carboxylic acids is 1. The van der Waals surface area contributed by atoms with Crippen molar-refractivity contribution in [2.24, 2.45) is 0 Å². The summed E-state index contributed by atoms with van der Waals surface area (Å²) in [4.78, 5) is 56.3. The summed E-state index contributed by atoms with van der Waals surface area (Å²) in [7, 11) is 1.36. The number of aromatic nitrogens is 6. The van der Waals surface area contributed by atoms with E-state index >= 15 is 0 Å². The summed E-state index contributed by atoms with van der Waals surface area (Å²) in [6.45, 7) is 0.577. The second-order valence-electron chi connectivity index (χ2n) is 17.0. The number of hydrogen-bond acceptors (Lipinski definition) is 10. The fraction of sp³-hybridized carbons (Fsp3) is 0.214. The van der Waals surface area contributed by atoms with E-state index in [1.165, 1.54) is 12.0 Å². The number of carboxylic acids is 1. The molecule has 73 heavy (non-hydrogen) atoms. The van der Waals surface area contributed by atoms with E-state index in [4.69, 9.17) is 4.74 Å². The molecular formula is C56H57LiN8O8. The van der Waals surface area contributed by atoms with Crippen molar-refractivity contribution in [2.45, 2.75) is 56.3 Å². The topological polar surface area (TPSA) is 227 Å². The van der Waals surface area contributed by atoms with Gasteiger partial charge in [0.15, 0.2) is 0 Å². The summed E-state index contributed by atoms with van der Waals surface area (Å²) in [6, 6.07) is 55.7. The van der Waals surface area contributed by atoms with Gasteiger partial charge in [-0.3, -0.25) is 9.59 Å². The summed E-state index contributed by atoms with van der Waals surface area (Å²) in [5.41, 5.74) is 6.97. The van der Waals surface area contributed by atoms with Gasteiger partial charge in [-0.25, -0.2) is 19.0 Å². The number of likely N-dealkylation sites (tertiary alicyclic amines) is 2. The molecule has 0 saturated carbocycles. The molecule has 0 spiro atoms. The summed E-state index contributed by atoms with van der Waals surface area (Å²) in [5, 5.41) is 26.8. The molecule has 0 unspecified atom stereocenters. The van der Waals surface area contributed by atoms with Crippen molar-refractivity contribution in [1.29, 1.82) is 0 Å². The Labute approximate surface area is 436 Å². The van der Waals surface area contributed by atoms with Crippen LogP contribution < -0.4 is 18.9 Å².